The van der Waals surface area contributed by atoms with E-state index in [2.05, 4.69) is 26.0 Å². The minimum Gasteiger partial charge on any atom is -0.512 e. The molecule has 1 heteroatoms. The van der Waals surface area contributed by atoms with Gasteiger partial charge in [-0.15, -0.1) is 0 Å². The van der Waals surface area contributed by atoms with Crippen LogP contribution >= 0.6 is 0 Å². The van der Waals surface area contributed by atoms with Crippen molar-refractivity contribution in [2.45, 2.75) is 65.2 Å². The molecule has 0 saturated carbocycles. The quantitative estimate of drug-likeness (QED) is 0.546. The van der Waals surface area contributed by atoms with Crippen LogP contribution in [-0.4, -0.2) is 5.11 Å². The molecule has 0 heterocycles. The van der Waals surface area contributed by atoms with Gasteiger partial charge in [-0.25, -0.2) is 0 Å². The molecule has 0 aromatic heterocycles. The van der Waals surface area contributed by atoms with Crippen LogP contribution in [0.5, 0.6) is 0 Å². The van der Waals surface area contributed by atoms with E-state index >= 15 is 0 Å². The van der Waals surface area contributed by atoms with Crippen LogP contribution < -0.4 is 0 Å². The molecule has 0 aromatic rings. The molecule has 0 bridgehead atoms. The minimum atomic E-state index is 0.246. The summed E-state index contributed by atoms with van der Waals surface area (Å²) in [4.78, 5) is 0. The maximum Gasteiger partial charge on any atom is 0.0997 e. The lowest BCUT2D eigenvalue weighted by Crippen LogP contribution is -2.09. The van der Waals surface area contributed by atoms with E-state index in [0.29, 0.717) is 5.76 Å². The van der Waals surface area contributed by atoms with Crippen molar-refractivity contribution in [2.75, 3.05) is 0 Å². The Morgan fingerprint density at radius 1 is 1.11 bits per heavy atom. The third-order valence-electron chi connectivity index (χ3n) is 3.74. The lowest BCUT2D eigenvalue weighted by atomic mass is 9.87. The molecule has 0 radical (unpaired) electrons. The summed E-state index contributed by atoms with van der Waals surface area (Å²) in [6.45, 7) is 4.31. The van der Waals surface area contributed by atoms with E-state index in [1.807, 2.05) is 12.2 Å². The summed E-state index contributed by atoms with van der Waals surface area (Å²) in [5.41, 5.74) is 1.26. The summed E-state index contributed by atoms with van der Waals surface area (Å²) in [6, 6.07) is 0. The molecular formula is C17H28O. The zero-order chi connectivity index (χ0) is 13.2. The fourth-order valence-electron chi connectivity index (χ4n) is 2.58. The molecule has 1 aliphatic carbocycles. The van der Waals surface area contributed by atoms with Crippen molar-refractivity contribution in [3.63, 3.8) is 0 Å². The minimum absolute atomic E-state index is 0.246. The third kappa shape index (κ3) is 5.12. The molecule has 1 atom stereocenters. The average Bonchev–Trinajstić information content (AvgIpc) is 2.39. The first-order chi connectivity index (χ1) is 8.79. The summed E-state index contributed by atoms with van der Waals surface area (Å²) in [7, 11) is 0. The normalized spacial score (nSPS) is 21.3. The van der Waals surface area contributed by atoms with Gasteiger partial charge in [0.1, 0.15) is 0 Å². The zero-order valence-electron chi connectivity index (χ0n) is 12.0. The van der Waals surface area contributed by atoms with E-state index in [1.165, 1.54) is 50.5 Å². The first kappa shape index (κ1) is 15.1. The van der Waals surface area contributed by atoms with E-state index in [9.17, 15) is 5.11 Å². The Morgan fingerprint density at radius 3 is 2.44 bits per heavy atom. The predicted molar refractivity (Wildman–Crippen MR) is 79.7 cm³/mol. The standard InChI is InChI=1S/C17H28O/c1-3-5-6-7-8-9-10-13-16-15(4-2)12-11-14-17(16)18/h4,11-12,14,16,18H,3,5-10,13H2,1-2H3. The largest absolute Gasteiger partial charge is 0.512 e. The summed E-state index contributed by atoms with van der Waals surface area (Å²) < 4.78 is 0. The number of hydrogen-bond acceptors (Lipinski definition) is 1. The first-order valence-electron chi connectivity index (χ1n) is 7.53. The number of rotatable bonds is 8. The third-order valence-corrected chi connectivity index (χ3v) is 3.74. The van der Waals surface area contributed by atoms with Crippen molar-refractivity contribution in [3.05, 3.63) is 35.6 Å². The van der Waals surface area contributed by atoms with Gasteiger partial charge < -0.3 is 5.11 Å². The van der Waals surface area contributed by atoms with Crippen molar-refractivity contribution in [2.24, 2.45) is 5.92 Å². The van der Waals surface area contributed by atoms with Gasteiger partial charge in [0.25, 0.3) is 0 Å². The highest BCUT2D eigenvalue weighted by atomic mass is 16.3. The fraction of sp³-hybridized carbons (Fsp3) is 0.647. The van der Waals surface area contributed by atoms with E-state index in [4.69, 9.17) is 0 Å². The second-order valence-corrected chi connectivity index (χ2v) is 5.20. The molecule has 1 aliphatic rings. The summed E-state index contributed by atoms with van der Waals surface area (Å²) >= 11 is 0. The SMILES string of the molecule is CC=C1C=CC=C(O)C1CCCCCCCCC. The molecule has 18 heavy (non-hydrogen) atoms. The molecule has 0 aromatic carbocycles. The summed E-state index contributed by atoms with van der Waals surface area (Å²) in [5.74, 6) is 0.784. The topological polar surface area (TPSA) is 20.2 Å². The molecule has 1 nitrogen and oxygen atoms in total. The molecule has 1 rings (SSSR count). The van der Waals surface area contributed by atoms with Crippen LogP contribution in [0.4, 0.5) is 0 Å². The van der Waals surface area contributed by atoms with Crippen LogP contribution in [0.1, 0.15) is 65.2 Å². The molecule has 0 saturated heterocycles. The van der Waals surface area contributed by atoms with E-state index in [1.54, 1.807) is 0 Å². The number of aliphatic hydroxyl groups excluding tert-OH is 1. The Balaban J connectivity index is 2.18. The Hall–Kier alpha value is -0.980. The van der Waals surface area contributed by atoms with Crippen LogP contribution in [0.3, 0.4) is 0 Å². The highest BCUT2D eigenvalue weighted by Crippen LogP contribution is 2.29. The van der Waals surface area contributed by atoms with Crippen LogP contribution in [0.15, 0.2) is 35.6 Å². The van der Waals surface area contributed by atoms with Crippen LogP contribution in [0, 0.1) is 5.92 Å². The zero-order valence-corrected chi connectivity index (χ0v) is 12.0. The monoisotopic (exact) mass is 248 g/mol. The predicted octanol–water partition coefficient (Wildman–Crippen LogP) is 5.70. The van der Waals surface area contributed by atoms with E-state index in [-0.39, 0.29) is 5.92 Å². The maximum atomic E-state index is 9.91. The molecule has 0 aliphatic heterocycles. The number of unbranched alkanes of at least 4 members (excludes halogenated alkanes) is 6. The molecule has 0 spiro atoms. The summed E-state index contributed by atoms with van der Waals surface area (Å²) in [5, 5.41) is 9.91. The molecule has 102 valence electrons. The van der Waals surface area contributed by atoms with Gasteiger partial charge in [0.2, 0.25) is 0 Å². The molecule has 1 unspecified atom stereocenters. The Kier molecular flexibility index (Phi) is 7.55. The van der Waals surface area contributed by atoms with E-state index in [0.717, 1.165) is 6.42 Å². The van der Waals surface area contributed by atoms with Gasteiger partial charge in [-0.3, -0.25) is 0 Å². The van der Waals surface area contributed by atoms with Crippen LogP contribution in [0.25, 0.3) is 0 Å². The maximum absolute atomic E-state index is 9.91. The number of hydrogen-bond donors (Lipinski definition) is 1. The van der Waals surface area contributed by atoms with Gasteiger partial charge in [-0.2, -0.15) is 0 Å². The first-order valence-corrected chi connectivity index (χ1v) is 7.53. The lowest BCUT2D eigenvalue weighted by Gasteiger charge is -2.20. The molecule has 1 N–H and O–H groups in total. The summed E-state index contributed by atoms with van der Waals surface area (Å²) in [6.07, 6.45) is 18.4. The van der Waals surface area contributed by atoms with Crippen LogP contribution in [0.2, 0.25) is 0 Å². The van der Waals surface area contributed by atoms with Crippen molar-refractivity contribution in [3.8, 4) is 0 Å². The molecule has 0 amide bonds. The Labute approximate surface area is 112 Å². The molecular weight excluding hydrogens is 220 g/mol. The van der Waals surface area contributed by atoms with Crippen LogP contribution in [-0.2, 0) is 0 Å². The lowest BCUT2D eigenvalue weighted by molar-refractivity contribution is 0.335. The van der Waals surface area contributed by atoms with Crippen molar-refractivity contribution in [1.29, 1.82) is 0 Å². The second kappa shape index (κ2) is 9.02. The highest BCUT2D eigenvalue weighted by molar-refractivity contribution is 5.34. The fourth-order valence-corrected chi connectivity index (χ4v) is 2.58. The van der Waals surface area contributed by atoms with E-state index < -0.39 is 0 Å². The second-order valence-electron chi connectivity index (χ2n) is 5.20. The van der Waals surface area contributed by atoms with Crippen molar-refractivity contribution in [1.82, 2.24) is 0 Å². The van der Waals surface area contributed by atoms with Crippen molar-refractivity contribution < 1.29 is 5.11 Å². The molecule has 0 fully saturated rings. The number of allylic oxidation sites excluding steroid dienone is 5. The Morgan fingerprint density at radius 2 is 1.78 bits per heavy atom. The van der Waals surface area contributed by atoms with Crippen molar-refractivity contribution >= 4 is 0 Å². The Bertz CT molecular complexity index is 310. The van der Waals surface area contributed by atoms with Gasteiger partial charge in [-0.1, -0.05) is 70.1 Å². The van der Waals surface area contributed by atoms with Gasteiger partial charge >= 0.3 is 0 Å². The number of aliphatic hydroxyl groups is 1. The highest BCUT2D eigenvalue weighted by Gasteiger charge is 2.17. The van der Waals surface area contributed by atoms with Gasteiger partial charge in [0, 0.05) is 5.92 Å². The van der Waals surface area contributed by atoms with Gasteiger partial charge in [0.15, 0.2) is 0 Å². The average molecular weight is 248 g/mol. The smallest absolute Gasteiger partial charge is 0.0997 e. The van der Waals surface area contributed by atoms with Gasteiger partial charge in [-0.05, 0) is 25.0 Å². The van der Waals surface area contributed by atoms with Gasteiger partial charge in [0.05, 0.1) is 5.76 Å².